The quantitative estimate of drug-likeness (QED) is 0.802. The lowest BCUT2D eigenvalue weighted by atomic mass is 10.0. The third-order valence-electron chi connectivity index (χ3n) is 2.64. The number of hydrogen-bond donors (Lipinski definition) is 1. The van der Waals surface area contributed by atoms with Crippen molar-refractivity contribution in [2.45, 2.75) is 25.5 Å². The average Bonchev–Trinajstić information content (AvgIpc) is 2.27. The maximum absolute atomic E-state index is 4.67. The molecule has 16 heavy (non-hydrogen) atoms. The Kier molecular flexibility index (Phi) is 3.55. The molecule has 0 unspecified atom stereocenters. The number of halogens is 1. The lowest BCUT2D eigenvalue weighted by Gasteiger charge is -2.10. The van der Waals surface area contributed by atoms with Gasteiger partial charge in [-0.05, 0) is 35.7 Å². The summed E-state index contributed by atoms with van der Waals surface area (Å²) >= 11 is 7.88. The van der Waals surface area contributed by atoms with E-state index in [1.165, 1.54) is 10.9 Å². The van der Waals surface area contributed by atoms with Gasteiger partial charge in [-0.1, -0.05) is 29.8 Å². The van der Waals surface area contributed by atoms with Crippen LogP contribution in [0.25, 0.3) is 10.9 Å². The molecule has 1 aromatic heterocycles. The standard InChI is InChI=1S/C13H14BrNS/c1-8(2)13-5-9(7-16)11-6-10(14)3-4-12(11)15-13/h3-6,8,16H,7H2,1-2H3. The van der Waals surface area contributed by atoms with Gasteiger partial charge in [-0.25, -0.2) is 0 Å². The molecule has 84 valence electrons. The SMILES string of the molecule is CC(C)c1cc(CS)c2cc(Br)ccc2n1. The van der Waals surface area contributed by atoms with E-state index in [2.05, 4.69) is 65.6 Å². The van der Waals surface area contributed by atoms with Gasteiger partial charge in [0, 0.05) is 21.3 Å². The maximum Gasteiger partial charge on any atom is 0.0709 e. The van der Waals surface area contributed by atoms with Gasteiger partial charge in [0.2, 0.25) is 0 Å². The highest BCUT2D eigenvalue weighted by Crippen LogP contribution is 2.26. The van der Waals surface area contributed by atoms with Crippen LogP contribution in [-0.2, 0) is 5.75 Å². The second kappa shape index (κ2) is 4.76. The first-order valence-electron chi connectivity index (χ1n) is 5.31. The first-order valence-corrected chi connectivity index (χ1v) is 6.74. The van der Waals surface area contributed by atoms with Crippen LogP contribution in [0.2, 0.25) is 0 Å². The molecule has 0 fully saturated rings. The van der Waals surface area contributed by atoms with Gasteiger partial charge >= 0.3 is 0 Å². The summed E-state index contributed by atoms with van der Waals surface area (Å²) in [6.07, 6.45) is 0. The summed E-state index contributed by atoms with van der Waals surface area (Å²) in [7, 11) is 0. The Morgan fingerprint density at radius 1 is 1.31 bits per heavy atom. The van der Waals surface area contributed by atoms with E-state index in [1.807, 2.05) is 6.07 Å². The van der Waals surface area contributed by atoms with E-state index in [-0.39, 0.29) is 0 Å². The predicted molar refractivity (Wildman–Crippen MR) is 76.2 cm³/mol. The van der Waals surface area contributed by atoms with Gasteiger partial charge in [-0.15, -0.1) is 0 Å². The summed E-state index contributed by atoms with van der Waals surface area (Å²) in [6, 6.07) is 8.35. The molecule has 0 saturated heterocycles. The highest BCUT2D eigenvalue weighted by Gasteiger charge is 2.07. The van der Waals surface area contributed by atoms with Crippen molar-refractivity contribution in [3.8, 4) is 0 Å². The summed E-state index contributed by atoms with van der Waals surface area (Å²) in [5.41, 5.74) is 3.44. The molecule has 1 heterocycles. The van der Waals surface area contributed by atoms with Gasteiger partial charge < -0.3 is 0 Å². The van der Waals surface area contributed by atoms with Crippen LogP contribution in [0.5, 0.6) is 0 Å². The van der Waals surface area contributed by atoms with Crippen molar-refractivity contribution in [2.75, 3.05) is 0 Å². The third-order valence-corrected chi connectivity index (χ3v) is 3.47. The second-order valence-electron chi connectivity index (χ2n) is 4.18. The fourth-order valence-electron chi connectivity index (χ4n) is 1.72. The minimum Gasteiger partial charge on any atom is -0.253 e. The first kappa shape index (κ1) is 11.9. The number of benzene rings is 1. The highest BCUT2D eigenvalue weighted by atomic mass is 79.9. The Bertz CT molecular complexity index is 523. The molecular weight excluding hydrogens is 282 g/mol. The molecule has 0 radical (unpaired) electrons. The van der Waals surface area contributed by atoms with Crippen molar-refractivity contribution in [1.82, 2.24) is 4.98 Å². The number of fused-ring (bicyclic) bond motifs is 1. The summed E-state index contributed by atoms with van der Waals surface area (Å²) in [5.74, 6) is 1.20. The number of thiol groups is 1. The Labute approximate surface area is 110 Å². The van der Waals surface area contributed by atoms with Crippen molar-refractivity contribution in [3.05, 3.63) is 40.0 Å². The van der Waals surface area contributed by atoms with E-state index in [0.29, 0.717) is 5.92 Å². The van der Waals surface area contributed by atoms with E-state index >= 15 is 0 Å². The molecule has 0 aliphatic heterocycles. The Morgan fingerprint density at radius 3 is 2.69 bits per heavy atom. The van der Waals surface area contributed by atoms with E-state index in [4.69, 9.17) is 0 Å². The molecule has 0 amide bonds. The Morgan fingerprint density at radius 2 is 2.06 bits per heavy atom. The number of aromatic nitrogens is 1. The molecule has 0 atom stereocenters. The van der Waals surface area contributed by atoms with Crippen molar-refractivity contribution < 1.29 is 0 Å². The molecule has 0 bridgehead atoms. The van der Waals surface area contributed by atoms with Gasteiger partial charge in [0.1, 0.15) is 0 Å². The summed E-state index contributed by atoms with van der Waals surface area (Å²) in [5, 5.41) is 1.19. The Balaban J connectivity index is 2.73. The molecule has 3 heteroatoms. The van der Waals surface area contributed by atoms with Gasteiger partial charge in [-0.3, -0.25) is 4.98 Å². The molecule has 1 nitrogen and oxygen atoms in total. The fourth-order valence-corrected chi connectivity index (χ4v) is 2.34. The largest absolute Gasteiger partial charge is 0.253 e. The minimum absolute atomic E-state index is 0.451. The van der Waals surface area contributed by atoms with Crippen LogP contribution in [0.1, 0.15) is 31.0 Å². The maximum atomic E-state index is 4.67. The fraction of sp³-hybridized carbons (Fsp3) is 0.308. The zero-order valence-electron chi connectivity index (χ0n) is 9.37. The molecule has 0 aliphatic rings. The van der Waals surface area contributed by atoms with Crippen molar-refractivity contribution in [2.24, 2.45) is 0 Å². The van der Waals surface area contributed by atoms with Crippen molar-refractivity contribution in [3.63, 3.8) is 0 Å². The molecule has 0 aliphatic carbocycles. The summed E-state index contributed by atoms with van der Waals surface area (Å²) in [6.45, 7) is 4.32. The van der Waals surface area contributed by atoms with Gasteiger partial charge in [-0.2, -0.15) is 12.6 Å². The van der Waals surface area contributed by atoms with Crippen LogP contribution >= 0.6 is 28.6 Å². The molecule has 0 spiro atoms. The normalized spacial score (nSPS) is 11.3. The van der Waals surface area contributed by atoms with Crippen LogP contribution in [0.15, 0.2) is 28.7 Å². The topological polar surface area (TPSA) is 12.9 Å². The molecule has 0 N–H and O–H groups in total. The van der Waals surface area contributed by atoms with Crippen LogP contribution in [0.4, 0.5) is 0 Å². The van der Waals surface area contributed by atoms with Crippen LogP contribution in [-0.4, -0.2) is 4.98 Å². The van der Waals surface area contributed by atoms with Crippen molar-refractivity contribution in [1.29, 1.82) is 0 Å². The number of pyridine rings is 1. The monoisotopic (exact) mass is 295 g/mol. The van der Waals surface area contributed by atoms with E-state index in [0.717, 1.165) is 21.4 Å². The van der Waals surface area contributed by atoms with E-state index in [9.17, 15) is 0 Å². The average molecular weight is 296 g/mol. The van der Waals surface area contributed by atoms with E-state index in [1.54, 1.807) is 0 Å². The third kappa shape index (κ3) is 2.25. The second-order valence-corrected chi connectivity index (χ2v) is 5.41. The molecular formula is C13H14BrNS. The Hall–Kier alpha value is -0.540. The van der Waals surface area contributed by atoms with Crippen LogP contribution in [0.3, 0.4) is 0 Å². The number of nitrogens with zero attached hydrogens (tertiary/aromatic N) is 1. The lowest BCUT2D eigenvalue weighted by Crippen LogP contribution is -1.96. The number of hydrogen-bond acceptors (Lipinski definition) is 2. The highest BCUT2D eigenvalue weighted by molar-refractivity contribution is 9.10. The van der Waals surface area contributed by atoms with Gasteiger partial charge in [0.05, 0.1) is 5.52 Å². The van der Waals surface area contributed by atoms with Gasteiger partial charge in [0.25, 0.3) is 0 Å². The zero-order valence-corrected chi connectivity index (χ0v) is 11.8. The minimum atomic E-state index is 0.451. The van der Waals surface area contributed by atoms with E-state index < -0.39 is 0 Å². The first-order chi connectivity index (χ1) is 7.61. The van der Waals surface area contributed by atoms with Crippen LogP contribution < -0.4 is 0 Å². The van der Waals surface area contributed by atoms with Crippen LogP contribution in [0, 0.1) is 0 Å². The molecule has 2 aromatic rings. The van der Waals surface area contributed by atoms with Gasteiger partial charge in [0.15, 0.2) is 0 Å². The molecule has 1 aromatic carbocycles. The summed E-state index contributed by atoms with van der Waals surface area (Å²) < 4.78 is 1.09. The lowest BCUT2D eigenvalue weighted by molar-refractivity contribution is 0.828. The number of rotatable bonds is 2. The predicted octanol–water partition coefficient (Wildman–Crippen LogP) is 4.55. The van der Waals surface area contributed by atoms with Crippen molar-refractivity contribution >= 4 is 39.5 Å². The summed E-state index contributed by atoms with van der Waals surface area (Å²) in [4.78, 5) is 4.67. The molecule has 2 rings (SSSR count). The zero-order chi connectivity index (χ0) is 11.7. The molecule has 0 saturated carbocycles. The smallest absolute Gasteiger partial charge is 0.0709 e.